The molecule has 4 amide bonds. The smallest absolute Gasteiger partial charge is 0.326 e. The first-order chi connectivity index (χ1) is 17.6. The number of para-hydroxylation sites is 1. The molecule has 37 heavy (non-hydrogen) atoms. The Morgan fingerprint density at radius 1 is 1.00 bits per heavy atom. The van der Waals surface area contributed by atoms with Crippen molar-refractivity contribution in [3.05, 3.63) is 54.2 Å². The van der Waals surface area contributed by atoms with Crippen LogP contribution in [-0.4, -0.2) is 74.3 Å². The molecule has 0 spiro atoms. The van der Waals surface area contributed by atoms with Crippen LogP contribution in [0.3, 0.4) is 0 Å². The topological polar surface area (TPSA) is 238 Å². The van der Waals surface area contributed by atoms with Crippen LogP contribution in [0.1, 0.15) is 17.7 Å². The van der Waals surface area contributed by atoms with Gasteiger partial charge in [-0.25, -0.2) is 9.78 Å². The Morgan fingerprint density at radius 2 is 1.76 bits per heavy atom. The lowest BCUT2D eigenvalue weighted by molar-refractivity contribution is -0.143. The highest BCUT2D eigenvalue weighted by atomic mass is 16.4. The predicted octanol–water partition coefficient (Wildman–Crippen LogP) is -1.95. The highest BCUT2D eigenvalue weighted by molar-refractivity contribution is 5.94. The van der Waals surface area contributed by atoms with Crippen LogP contribution in [0.5, 0.6) is 0 Å². The van der Waals surface area contributed by atoms with Crippen molar-refractivity contribution in [1.29, 1.82) is 0 Å². The lowest BCUT2D eigenvalue weighted by atomic mass is 10.0. The van der Waals surface area contributed by atoms with Crippen molar-refractivity contribution < 1.29 is 29.1 Å². The number of amides is 4. The van der Waals surface area contributed by atoms with E-state index in [0.717, 1.165) is 16.5 Å². The SMILES string of the molecule is NC(=O)CC(NC(=O)CNC(=O)C(Cc1cnc[nH]1)NC(=O)C(N)Cc1c[nH]c2ccccc12)C(=O)O. The fourth-order valence-electron chi connectivity index (χ4n) is 3.67. The van der Waals surface area contributed by atoms with Gasteiger partial charge in [0.1, 0.15) is 12.1 Å². The Hall–Kier alpha value is -4.72. The molecule has 0 bridgehead atoms. The Bertz CT molecular complexity index is 1270. The number of nitrogens with one attached hydrogen (secondary N) is 5. The Morgan fingerprint density at radius 3 is 2.43 bits per heavy atom. The third kappa shape index (κ3) is 7.63. The molecule has 3 aromatic rings. The second-order valence-corrected chi connectivity index (χ2v) is 8.36. The van der Waals surface area contributed by atoms with Crippen LogP contribution in [0.25, 0.3) is 10.9 Å². The number of carboxylic acids is 1. The summed E-state index contributed by atoms with van der Waals surface area (Å²) in [6, 6.07) is 3.94. The lowest BCUT2D eigenvalue weighted by Gasteiger charge is -2.20. The predicted molar refractivity (Wildman–Crippen MR) is 131 cm³/mol. The van der Waals surface area contributed by atoms with E-state index < -0.39 is 60.7 Å². The number of hydrogen-bond donors (Lipinski definition) is 8. The molecule has 3 unspecified atom stereocenters. The summed E-state index contributed by atoms with van der Waals surface area (Å²) >= 11 is 0. The highest BCUT2D eigenvalue weighted by Gasteiger charge is 2.27. The third-order valence-electron chi connectivity index (χ3n) is 5.53. The minimum atomic E-state index is -1.54. The van der Waals surface area contributed by atoms with Crippen molar-refractivity contribution in [2.75, 3.05) is 6.54 Å². The van der Waals surface area contributed by atoms with Gasteiger partial charge >= 0.3 is 5.97 Å². The first kappa shape index (κ1) is 26.9. The number of rotatable bonds is 13. The van der Waals surface area contributed by atoms with Gasteiger partial charge in [-0.15, -0.1) is 0 Å². The molecular formula is C23H28N8O6. The lowest BCUT2D eigenvalue weighted by Crippen LogP contribution is -2.54. The monoisotopic (exact) mass is 512 g/mol. The number of H-pyrrole nitrogens is 2. The van der Waals surface area contributed by atoms with Crippen LogP contribution in [-0.2, 0) is 36.8 Å². The molecule has 0 fully saturated rings. The molecule has 3 rings (SSSR count). The number of nitrogens with two attached hydrogens (primary N) is 2. The van der Waals surface area contributed by atoms with Crippen molar-refractivity contribution in [3.63, 3.8) is 0 Å². The molecule has 0 aliphatic carbocycles. The van der Waals surface area contributed by atoms with Crippen LogP contribution in [0.2, 0.25) is 0 Å². The molecule has 0 saturated heterocycles. The van der Waals surface area contributed by atoms with E-state index in [1.165, 1.54) is 12.5 Å². The fraction of sp³-hybridized carbons (Fsp3) is 0.304. The van der Waals surface area contributed by atoms with E-state index in [2.05, 4.69) is 30.9 Å². The summed E-state index contributed by atoms with van der Waals surface area (Å²) in [5, 5.41) is 17.1. The average molecular weight is 513 g/mol. The minimum Gasteiger partial charge on any atom is -0.480 e. The number of carbonyl (C=O) groups excluding carboxylic acids is 4. The zero-order valence-electron chi connectivity index (χ0n) is 19.7. The molecule has 3 atom stereocenters. The maximum atomic E-state index is 12.9. The molecule has 196 valence electrons. The number of aliphatic carboxylic acids is 1. The van der Waals surface area contributed by atoms with Gasteiger partial charge in [0.15, 0.2) is 0 Å². The summed E-state index contributed by atoms with van der Waals surface area (Å²) in [7, 11) is 0. The van der Waals surface area contributed by atoms with Gasteiger partial charge in [0.25, 0.3) is 0 Å². The molecule has 0 aliphatic heterocycles. The Labute approximate surface area is 210 Å². The first-order valence-corrected chi connectivity index (χ1v) is 11.3. The first-order valence-electron chi connectivity index (χ1n) is 11.3. The van der Waals surface area contributed by atoms with Gasteiger partial charge in [-0.1, -0.05) is 18.2 Å². The summed E-state index contributed by atoms with van der Waals surface area (Å²) in [6.45, 7) is -0.599. The van der Waals surface area contributed by atoms with Gasteiger partial charge < -0.3 is 42.5 Å². The molecule has 14 nitrogen and oxygen atoms in total. The van der Waals surface area contributed by atoms with E-state index in [4.69, 9.17) is 16.6 Å². The van der Waals surface area contributed by atoms with E-state index in [1.54, 1.807) is 6.20 Å². The zero-order valence-corrected chi connectivity index (χ0v) is 19.7. The summed E-state index contributed by atoms with van der Waals surface area (Å²) < 4.78 is 0. The van der Waals surface area contributed by atoms with Gasteiger partial charge in [0.2, 0.25) is 23.6 Å². The average Bonchev–Trinajstić information content (AvgIpc) is 3.51. The number of nitrogens with zero attached hydrogens (tertiary/aromatic N) is 1. The minimum absolute atomic E-state index is 0.0262. The second kappa shape index (κ2) is 12.3. The standard InChI is InChI=1S/C23H28N8O6/c24-15(5-12-8-27-16-4-2-1-3-14(12)16)21(34)31-17(6-13-9-26-11-29-13)22(35)28-10-20(33)30-18(23(36)37)7-19(25)32/h1-4,8-9,11,15,17-18,27H,5-7,10,24H2,(H2,25,32)(H,26,29)(H,28,35)(H,30,33)(H,31,34)(H,36,37). The Balaban J connectivity index is 1.62. The van der Waals surface area contributed by atoms with Gasteiger partial charge in [-0.05, 0) is 18.1 Å². The second-order valence-electron chi connectivity index (χ2n) is 8.36. The normalized spacial score (nSPS) is 13.3. The molecule has 0 aliphatic rings. The zero-order chi connectivity index (χ0) is 26.9. The number of aromatic amines is 2. The summed E-state index contributed by atoms with van der Waals surface area (Å²) in [5.41, 5.74) is 13.4. The van der Waals surface area contributed by atoms with Gasteiger partial charge in [0.05, 0.1) is 25.3 Å². The van der Waals surface area contributed by atoms with Gasteiger partial charge in [-0.2, -0.15) is 0 Å². The van der Waals surface area contributed by atoms with Crippen molar-refractivity contribution in [1.82, 2.24) is 30.9 Å². The quantitative estimate of drug-likeness (QED) is 0.128. The highest BCUT2D eigenvalue weighted by Crippen LogP contribution is 2.18. The van der Waals surface area contributed by atoms with E-state index >= 15 is 0 Å². The maximum Gasteiger partial charge on any atom is 0.326 e. The van der Waals surface area contributed by atoms with Crippen LogP contribution >= 0.6 is 0 Å². The number of carboxylic acid groups (broad SMARTS) is 1. The molecule has 10 N–H and O–H groups in total. The number of fused-ring (bicyclic) bond motifs is 1. The van der Waals surface area contributed by atoms with Crippen molar-refractivity contribution in [3.8, 4) is 0 Å². The van der Waals surface area contributed by atoms with E-state index in [1.807, 2.05) is 24.3 Å². The van der Waals surface area contributed by atoms with Crippen LogP contribution in [0.15, 0.2) is 43.0 Å². The van der Waals surface area contributed by atoms with Crippen molar-refractivity contribution in [2.45, 2.75) is 37.4 Å². The number of benzene rings is 1. The van der Waals surface area contributed by atoms with Crippen LogP contribution in [0.4, 0.5) is 0 Å². The molecule has 0 radical (unpaired) electrons. The summed E-state index contributed by atoms with van der Waals surface area (Å²) in [4.78, 5) is 69.9. The van der Waals surface area contributed by atoms with Gasteiger partial charge in [-0.3, -0.25) is 19.2 Å². The largest absolute Gasteiger partial charge is 0.480 e. The van der Waals surface area contributed by atoms with E-state index in [0.29, 0.717) is 5.69 Å². The maximum absolute atomic E-state index is 12.9. The Kier molecular flexibility index (Phi) is 8.94. The van der Waals surface area contributed by atoms with E-state index in [9.17, 15) is 24.0 Å². The molecule has 1 aromatic carbocycles. The van der Waals surface area contributed by atoms with Crippen LogP contribution < -0.4 is 27.4 Å². The summed E-state index contributed by atoms with van der Waals surface area (Å²) in [6.07, 6.45) is 4.29. The number of carbonyl (C=O) groups is 5. The number of hydrogen-bond acceptors (Lipinski definition) is 7. The van der Waals surface area contributed by atoms with Crippen LogP contribution in [0, 0.1) is 0 Å². The molecular weight excluding hydrogens is 484 g/mol. The van der Waals surface area contributed by atoms with Crippen molar-refractivity contribution >= 4 is 40.5 Å². The third-order valence-corrected chi connectivity index (χ3v) is 5.53. The summed E-state index contributed by atoms with van der Waals surface area (Å²) in [5.74, 6) is -4.51. The molecule has 2 aromatic heterocycles. The molecule has 2 heterocycles. The number of imidazole rings is 1. The molecule has 14 heteroatoms. The van der Waals surface area contributed by atoms with Gasteiger partial charge in [0, 0.05) is 35.4 Å². The van der Waals surface area contributed by atoms with Crippen molar-refractivity contribution in [2.24, 2.45) is 11.5 Å². The molecule has 0 saturated carbocycles. The number of aromatic nitrogens is 3. The van der Waals surface area contributed by atoms with E-state index in [-0.39, 0.29) is 12.8 Å². The fourth-order valence-corrected chi connectivity index (χ4v) is 3.67. The number of primary amides is 1.